The van der Waals surface area contributed by atoms with Crippen molar-refractivity contribution in [2.75, 3.05) is 37.4 Å². The van der Waals surface area contributed by atoms with E-state index in [-0.39, 0.29) is 28.8 Å². The van der Waals surface area contributed by atoms with Gasteiger partial charge in [-0.1, -0.05) is 0 Å². The molecule has 0 spiro atoms. The summed E-state index contributed by atoms with van der Waals surface area (Å²) in [6, 6.07) is 0.0462. The monoisotopic (exact) mass is 313 g/mol. The molecule has 0 aliphatic carbocycles. The number of methoxy groups -OCH3 is 1. The van der Waals surface area contributed by atoms with Crippen molar-refractivity contribution in [3.05, 3.63) is 10.4 Å². The van der Waals surface area contributed by atoms with Gasteiger partial charge in [0.15, 0.2) is 0 Å². The average molecular weight is 313 g/mol. The number of nitrogens with zero attached hydrogens (tertiary/aromatic N) is 1. The molecule has 1 fully saturated rings. The van der Waals surface area contributed by atoms with E-state index in [2.05, 4.69) is 0 Å². The van der Waals surface area contributed by atoms with Crippen LogP contribution in [0.2, 0.25) is 0 Å². The highest BCUT2D eigenvalue weighted by atomic mass is 32.1. The fourth-order valence-electron chi connectivity index (χ4n) is 2.27. The van der Waals surface area contributed by atoms with Crippen LogP contribution in [0.15, 0.2) is 0 Å². The molecule has 0 amide bonds. The van der Waals surface area contributed by atoms with Gasteiger partial charge in [-0.25, -0.2) is 9.59 Å². The van der Waals surface area contributed by atoms with Gasteiger partial charge in [0.1, 0.15) is 15.4 Å². The minimum Gasteiger partial charge on any atom is -0.465 e. The fraction of sp³-hybridized carbons (Fsp3) is 0.538. The Morgan fingerprint density at radius 1 is 1.43 bits per heavy atom. The summed E-state index contributed by atoms with van der Waals surface area (Å²) < 4.78 is 9.75. The van der Waals surface area contributed by atoms with Crippen LogP contribution in [0.1, 0.15) is 33.4 Å². The maximum Gasteiger partial charge on any atom is 0.350 e. The van der Waals surface area contributed by atoms with Gasteiger partial charge in [0.25, 0.3) is 0 Å². The van der Waals surface area contributed by atoms with Crippen LogP contribution in [0, 0.1) is 0 Å². The second-order valence-corrected chi connectivity index (χ2v) is 5.73. The lowest BCUT2D eigenvalue weighted by atomic mass is 10.2. The van der Waals surface area contributed by atoms with Gasteiger partial charge in [0.05, 0.1) is 19.4 Å². The van der Waals surface area contributed by atoms with Crippen LogP contribution < -0.4 is 16.4 Å². The third-order valence-electron chi connectivity index (χ3n) is 3.29. The average Bonchev–Trinajstić information content (AvgIpc) is 3.02. The number of esters is 2. The van der Waals surface area contributed by atoms with Crippen molar-refractivity contribution in [1.29, 1.82) is 0 Å². The summed E-state index contributed by atoms with van der Waals surface area (Å²) in [7, 11) is 1.27. The molecule has 0 radical (unpaired) electrons. The first-order chi connectivity index (χ1) is 9.99. The molecule has 0 aromatic carbocycles. The summed E-state index contributed by atoms with van der Waals surface area (Å²) in [5.41, 5.74) is 12.2. The number of hydrogen-bond acceptors (Lipinski definition) is 8. The quantitative estimate of drug-likeness (QED) is 0.793. The molecule has 0 bridgehead atoms. The van der Waals surface area contributed by atoms with Crippen LogP contribution in [0.4, 0.5) is 10.7 Å². The second kappa shape index (κ2) is 6.31. The molecule has 1 saturated heterocycles. The molecule has 2 rings (SSSR count). The van der Waals surface area contributed by atoms with E-state index in [0.29, 0.717) is 18.1 Å². The topological polar surface area (TPSA) is 108 Å². The van der Waals surface area contributed by atoms with Crippen LogP contribution in [-0.2, 0) is 9.47 Å². The smallest absolute Gasteiger partial charge is 0.350 e. The Hall–Kier alpha value is -1.80. The number of anilines is 2. The van der Waals surface area contributed by atoms with Crippen LogP contribution in [0.3, 0.4) is 0 Å². The number of thiophene rings is 1. The molecule has 1 aromatic heterocycles. The summed E-state index contributed by atoms with van der Waals surface area (Å²) in [5.74, 6) is -1.09. The first kappa shape index (κ1) is 15.6. The molecule has 1 atom stereocenters. The van der Waals surface area contributed by atoms with E-state index in [1.165, 1.54) is 7.11 Å². The Morgan fingerprint density at radius 3 is 2.67 bits per heavy atom. The van der Waals surface area contributed by atoms with Gasteiger partial charge in [0.2, 0.25) is 0 Å². The Kier molecular flexibility index (Phi) is 4.69. The highest BCUT2D eigenvalue weighted by molar-refractivity contribution is 7.19. The Bertz CT molecular complexity index is 558. The highest BCUT2D eigenvalue weighted by Crippen LogP contribution is 2.40. The van der Waals surface area contributed by atoms with Crippen LogP contribution >= 0.6 is 11.3 Å². The molecule has 0 saturated carbocycles. The minimum atomic E-state index is -0.558. The summed E-state index contributed by atoms with van der Waals surface area (Å²) in [5, 5.41) is 0.624. The van der Waals surface area contributed by atoms with Gasteiger partial charge in [-0.2, -0.15) is 0 Å². The fourth-order valence-corrected chi connectivity index (χ4v) is 3.43. The maximum atomic E-state index is 12.1. The largest absolute Gasteiger partial charge is 0.465 e. The van der Waals surface area contributed by atoms with E-state index in [4.69, 9.17) is 20.9 Å². The normalized spacial score (nSPS) is 17.9. The van der Waals surface area contributed by atoms with E-state index >= 15 is 0 Å². The predicted molar refractivity (Wildman–Crippen MR) is 80.8 cm³/mol. The van der Waals surface area contributed by atoms with Crippen LogP contribution in [0.25, 0.3) is 0 Å². The van der Waals surface area contributed by atoms with Crippen molar-refractivity contribution in [3.8, 4) is 0 Å². The maximum absolute atomic E-state index is 12.1. The molecule has 7 nitrogen and oxygen atoms in total. The summed E-state index contributed by atoms with van der Waals surface area (Å²) in [6.45, 7) is 3.29. The summed E-state index contributed by atoms with van der Waals surface area (Å²) in [4.78, 5) is 26.1. The molecule has 2 heterocycles. The van der Waals surface area contributed by atoms with Crippen LogP contribution in [-0.4, -0.2) is 44.8 Å². The number of rotatable bonds is 4. The lowest BCUT2D eigenvalue weighted by molar-refractivity contribution is 0.0529. The zero-order valence-corrected chi connectivity index (χ0v) is 12.9. The van der Waals surface area contributed by atoms with E-state index in [1.807, 2.05) is 4.90 Å². The van der Waals surface area contributed by atoms with E-state index in [9.17, 15) is 9.59 Å². The number of nitrogen functional groups attached to an aromatic ring is 1. The second-order valence-electron chi connectivity index (χ2n) is 4.73. The minimum absolute atomic E-state index is 0.0462. The summed E-state index contributed by atoms with van der Waals surface area (Å²) >= 11 is 1.14. The van der Waals surface area contributed by atoms with Gasteiger partial charge < -0.3 is 25.8 Å². The molecule has 1 unspecified atom stereocenters. The first-order valence-corrected chi connectivity index (χ1v) is 7.49. The van der Waals surface area contributed by atoms with Crippen molar-refractivity contribution in [2.45, 2.75) is 19.4 Å². The molecule has 1 aliphatic heterocycles. The van der Waals surface area contributed by atoms with E-state index in [0.717, 1.165) is 17.8 Å². The van der Waals surface area contributed by atoms with E-state index in [1.54, 1.807) is 6.92 Å². The number of carbonyl (C=O) groups is 2. The van der Waals surface area contributed by atoms with Gasteiger partial charge >= 0.3 is 11.9 Å². The Labute approximate surface area is 126 Å². The standard InChI is InChI=1S/C13H19N3O4S/c1-3-20-12(17)8-9(15)10(13(18)19-2)21-11(8)16-5-4-7(14)6-16/h7H,3-6,14-15H2,1-2H3. The molecule has 21 heavy (non-hydrogen) atoms. The Balaban J connectivity index is 2.46. The highest BCUT2D eigenvalue weighted by Gasteiger charge is 2.32. The van der Waals surface area contributed by atoms with Gasteiger partial charge in [-0.3, -0.25) is 0 Å². The van der Waals surface area contributed by atoms with Crippen molar-refractivity contribution < 1.29 is 19.1 Å². The molecule has 1 aromatic rings. The SMILES string of the molecule is CCOC(=O)c1c(N2CCC(N)C2)sc(C(=O)OC)c1N. The zero-order valence-electron chi connectivity index (χ0n) is 12.0. The predicted octanol–water partition coefficient (Wildman–Crippen LogP) is 0.831. The van der Waals surface area contributed by atoms with Gasteiger partial charge in [0, 0.05) is 19.1 Å². The number of ether oxygens (including phenoxy) is 2. The molecule has 8 heteroatoms. The number of carbonyl (C=O) groups excluding carboxylic acids is 2. The van der Waals surface area contributed by atoms with Crippen LogP contribution in [0.5, 0.6) is 0 Å². The van der Waals surface area contributed by atoms with E-state index < -0.39 is 11.9 Å². The van der Waals surface area contributed by atoms with Crippen molar-refractivity contribution in [3.63, 3.8) is 0 Å². The number of hydrogen-bond donors (Lipinski definition) is 2. The summed E-state index contributed by atoms with van der Waals surface area (Å²) in [6.07, 6.45) is 0.827. The molecule has 4 N–H and O–H groups in total. The van der Waals surface area contributed by atoms with Gasteiger partial charge in [-0.15, -0.1) is 11.3 Å². The Morgan fingerprint density at radius 2 is 2.14 bits per heavy atom. The van der Waals surface area contributed by atoms with Crippen molar-refractivity contribution in [1.82, 2.24) is 0 Å². The zero-order chi connectivity index (χ0) is 15.6. The van der Waals surface area contributed by atoms with Gasteiger partial charge in [-0.05, 0) is 13.3 Å². The molecule has 116 valence electrons. The lowest BCUT2D eigenvalue weighted by Crippen LogP contribution is -2.27. The first-order valence-electron chi connectivity index (χ1n) is 6.67. The third kappa shape index (κ3) is 2.96. The van der Waals surface area contributed by atoms with Crippen molar-refractivity contribution in [2.24, 2.45) is 5.73 Å². The number of nitrogens with two attached hydrogens (primary N) is 2. The molecule has 1 aliphatic rings. The lowest BCUT2D eigenvalue weighted by Gasteiger charge is -2.17. The third-order valence-corrected chi connectivity index (χ3v) is 4.54. The van der Waals surface area contributed by atoms with Crippen molar-refractivity contribution >= 4 is 34.0 Å². The molecular formula is C13H19N3O4S. The molecular weight excluding hydrogens is 294 g/mol.